The van der Waals surface area contributed by atoms with Crippen LogP contribution in [0.25, 0.3) is 0 Å². The monoisotopic (exact) mass is 228 g/mol. The normalized spacial score (nSPS) is 25.0. The van der Waals surface area contributed by atoms with E-state index in [0.717, 1.165) is 5.71 Å². The lowest BCUT2D eigenvalue weighted by molar-refractivity contribution is -0.167. The number of nitrogens with zero attached hydrogens (tertiary/aromatic N) is 2. The zero-order valence-electron chi connectivity index (χ0n) is 9.94. The summed E-state index contributed by atoms with van der Waals surface area (Å²) in [5.74, 6) is -0.552. The van der Waals surface area contributed by atoms with Crippen LogP contribution in [0.2, 0.25) is 0 Å². The minimum Gasteiger partial charge on any atom is -0.379 e. The Balaban J connectivity index is 2.50. The van der Waals surface area contributed by atoms with E-state index in [1.54, 1.807) is 27.9 Å². The Hall–Kier alpha value is -1.43. The molecule has 0 N–H and O–H groups in total. The van der Waals surface area contributed by atoms with Gasteiger partial charge in [-0.05, 0) is 20.8 Å². The maximum absolute atomic E-state index is 11.7. The largest absolute Gasteiger partial charge is 0.381 e. The molecule has 0 aromatic carbocycles. The van der Waals surface area contributed by atoms with Crippen molar-refractivity contribution in [2.75, 3.05) is 13.7 Å². The average molecular weight is 228 g/mol. The molecular formula is C10H16N2O4. The van der Waals surface area contributed by atoms with Crippen LogP contribution >= 0.6 is 0 Å². The maximum Gasteiger partial charge on any atom is 0.381 e. The Morgan fingerprint density at radius 3 is 2.88 bits per heavy atom. The number of methoxy groups -OCH3 is 1. The molecule has 0 fully saturated rings. The predicted octanol–water partition coefficient (Wildman–Crippen LogP) is 1.11. The lowest BCUT2D eigenvalue weighted by atomic mass is 10.0. The number of oxime groups is 2. The molecule has 1 rings (SSSR count). The van der Waals surface area contributed by atoms with Crippen LogP contribution in [0.1, 0.15) is 27.2 Å². The van der Waals surface area contributed by atoms with E-state index in [2.05, 4.69) is 10.3 Å². The molecule has 16 heavy (non-hydrogen) atoms. The first-order valence-corrected chi connectivity index (χ1v) is 4.93. The van der Waals surface area contributed by atoms with Gasteiger partial charge in [-0.3, -0.25) is 0 Å². The molecule has 1 aliphatic heterocycles. The van der Waals surface area contributed by atoms with Crippen LogP contribution in [0.4, 0.5) is 0 Å². The first-order chi connectivity index (χ1) is 7.48. The van der Waals surface area contributed by atoms with Crippen LogP contribution in [0, 0.1) is 0 Å². The fourth-order valence-corrected chi connectivity index (χ4v) is 1.29. The number of carbonyl (C=O) groups is 1. The Bertz CT molecular complexity index is 338. The first-order valence-electron chi connectivity index (χ1n) is 4.93. The Labute approximate surface area is 94.2 Å². The molecule has 1 atom stereocenters. The molecule has 1 unspecified atom stereocenters. The summed E-state index contributed by atoms with van der Waals surface area (Å²) < 4.78 is 4.83. The molecule has 0 saturated carbocycles. The maximum atomic E-state index is 11.7. The standard InChI is InChI=1S/C10H16N2O4/c1-7-5-10(3,16-12-7)9(13)15-11-8(2)6-14-4/h5-6H2,1-4H3/b11-8+. The van der Waals surface area contributed by atoms with Crippen molar-refractivity contribution < 1.29 is 19.2 Å². The van der Waals surface area contributed by atoms with Crippen molar-refractivity contribution in [1.82, 2.24) is 0 Å². The second kappa shape index (κ2) is 5.07. The van der Waals surface area contributed by atoms with Gasteiger partial charge in [0.05, 0.1) is 18.0 Å². The van der Waals surface area contributed by atoms with Gasteiger partial charge in [-0.15, -0.1) is 0 Å². The third kappa shape index (κ3) is 3.03. The van der Waals surface area contributed by atoms with Gasteiger partial charge < -0.3 is 14.4 Å². The minimum absolute atomic E-state index is 0.320. The van der Waals surface area contributed by atoms with Crippen LogP contribution in [-0.4, -0.2) is 36.7 Å². The van der Waals surface area contributed by atoms with Crippen molar-refractivity contribution in [1.29, 1.82) is 0 Å². The molecule has 0 aromatic rings. The molecule has 6 nitrogen and oxygen atoms in total. The molecule has 0 amide bonds. The van der Waals surface area contributed by atoms with Crippen molar-refractivity contribution >= 4 is 17.4 Å². The topological polar surface area (TPSA) is 69.5 Å². The molecule has 0 radical (unpaired) electrons. The average Bonchev–Trinajstić information content (AvgIpc) is 2.57. The van der Waals surface area contributed by atoms with Gasteiger partial charge >= 0.3 is 5.97 Å². The van der Waals surface area contributed by atoms with Crippen molar-refractivity contribution in [3.63, 3.8) is 0 Å². The van der Waals surface area contributed by atoms with E-state index in [1.165, 1.54) is 0 Å². The number of hydrogen-bond acceptors (Lipinski definition) is 6. The second-order valence-electron chi connectivity index (χ2n) is 3.96. The highest BCUT2D eigenvalue weighted by molar-refractivity contribution is 5.92. The van der Waals surface area contributed by atoms with Gasteiger partial charge in [0.15, 0.2) is 0 Å². The van der Waals surface area contributed by atoms with E-state index < -0.39 is 11.6 Å². The molecule has 1 heterocycles. The number of carbonyl (C=O) groups excluding carboxylic acids is 1. The molecule has 6 heteroatoms. The van der Waals surface area contributed by atoms with Crippen LogP contribution in [0.15, 0.2) is 10.3 Å². The van der Waals surface area contributed by atoms with Crippen molar-refractivity contribution in [2.45, 2.75) is 32.8 Å². The smallest absolute Gasteiger partial charge is 0.379 e. The lowest BCUT2D eigenvalue weighted by Gasteiger charge is -2.16. The van der Waals surface area contributed by atoms with Gasteiger partial charge in [0.25, 0.3) is 0 Å². The summed E-state index contributed by atoms with van der Waals surface area (Å²) in [6.07, 6.45) is 0.421. The third-order valence-electron chi connectivity index (χ3n) is 2.07. The van der Waals surface area contributed by atoms with E-state index >= 15 is 0 Å². The summed E-state index contributed by atoms with van der Waals surface area (Å²) >= 11 is 0. The van der Waals surface area contributed by atoms with Gasteiger partial charge in [0.2, 0.25) is 5.60 Å². The van der Waals surface area contributed by atoms with Crippen molar-refractivity contribution in [3.8, 4) is 0 Å². The molecule has 0 saturated heterocycles. The summed E-state index contributed by atoms with van der Waals surface area (Å²) in [6, 6.07) is 0. The number of hydrogen-bond donors (Lipinski definition) is 0. The quantitative estimate of drug-likeness (QED) is 0.410. The van der Waals surface area contributed by atoms with Crippen molar-refractivity contribution in [3.05, 3.63) is 0 Å². The fourth-order valence-electron chi connectivity index (χ4n) is 1.29. The summed E-state index contributed by atoms with van der Waals surface area (Å²) in [5, 5.41) is 7.36. The zero-order valence-corrected chi connectivity index (χ0v) is 9.94. The summed E-state index contributed by atoms with van der Waals surface area (Å²) in [5.41, 5.74) is 0.285. The van der Waals surface area contributed by atoms with Crippen molar-refractivity contribution in [2.24, 2.45) is 10.3 Å². The van der Waals surface area contributed by atoms with E-state index in [-0.39, 0.29) is 0 Å². The van der Waals surface area contributed by atoms with Crippen LogP contribution in [0.3, 0.4) is 0 Å². The van der Waals surface area contributed by atoms with E-state index in [9.17, 15) is 4.79 Å². The Morgan fingerprint density at radius 1 is 1.69 bits per heavy atom. The van der Waals surface area contributed by atoms with Gasteiger partial charge in [0, 0.05) is 13.5 Å². The Kier molecular flexibility index (Phi) is 4.00. The summed E-state index contributed by atoms with van der Waals surface area (Å²) in [7, 11) is 1.54. The predicted molar refractivity (Wildman–Crippen MR) is 58.3 cm³/mol. The van der Waals surface area contributed by atoms with E-state index in [4.69, 9.17) is 14.4 Å². The SMILES string of the molecule is COC/C(C)=N/OC(=O)C1(C)CC(C)=NO1. The highest BCUT2D eigenvalue weighted by atomic mass is 16.7. The number of rotatable bonds is 4. The van der Waals surface area contributed by atoms with Crippen LogP contribution < -0.4 is 0 Å². The van der Waals surface area contributed by atoms with Gasteiger partial charge in [-0.25, -0.2) is 4.79 Å². The first kappa shape index (κ1) is 12.6. The van der Waals surface area contributed by atoms with Gasteiger partial charge in [0.1, 0.15) is 0 Å². The molecular weight excluding hydrogens is 212 g/mol. The van der Waals surface area contributed by atoms with Gasteiger partial charge in [-0.2, -0.15) is 0 Å². The van der Waals surface area contributed by atoms with Crippen LogP contribution in [-0.2, 0) is 19.2 Å². The van der Waals surface area contributed by atoms with E-state index in [1.807, 2.05) is 0 Å². The zero-order chi connectivity index (χ0) is 12.2. The lowest BCUT2D eigenvalue weighted by Crippen LogP contribution is -2.36. The highest BCUT2D eigenvalue weighted by Crippen LogP contribution is 2.24. The summed E-state index contributed by atoms with van der Waals surface area (Å²) in [4.78, 5) is 21.4. The molecule has 0 spiro atoms. The second-order valence-corrected chi connectivity index (χ2v) is 3.96. The Morgan fingerprint density at radius 2 is 2.38 bits per heavy atom. The summed E-state index contributed by atoms with van der Waals surface area (Å²) in [6.45, 7) is 5.44. The number of ether oxygens (including phenoxy) is 1. The molecule has 0 aromatic heterocycles. The van der Waals surface area contributed by atoms with Crippen LogP contribution in [0.5, 0.6) is 0 Å². The van der Waals surface area contributed by atoms with E-state index in [0.29, 0.717) is 18.7 Å². The van der Waals surface area contributed by atoms with Gasteiger partial charge in [-0.1, -0.05) is 10.3 Å². The minimum atomic E-state index is -1.05. The molecule has 0 bridgehead atoms. The third-order valence-corrected chi connectivity index (χ3v) is 2.07. The fraction of sp³-hybridized carbons (Fsp3) is 0.700. The molecule has 90 valence electrons. The molecule has 0 aliphatic carbocycles. The molecule has 1 aliphatic rings. The highest BCUT2D eigenvalue weighted by Gasteiger charge is 2.42.